The first-order valence-electron chi connectivity index (χ1n) is 7.04. The summed E-state index contributed by atoms with van der Waals surface area (Å²) in [5, 5.41) is 3.41. The van der Waals surface area contributed by atoms with Gasteiger partial charge >= 0.3 is 0 Å². The fourth-order valence-electron chi connectivity index (χ4n) is 2.46. The SMILES string of the molecule is CC.CCc1ccc2ncn(C3CCNC3)c2c1. The van der Waals surface area contributed by atoms with Crippen molar-refractivity contribution in [2.45, 2.75) is 39.7 Å². The van der Waals surface area contributed by atoms with Gasteiger partial charge in [-0.15, -0.1) is 0 Å². The predicted molar refractivity (Wildman–Crippen MR) is 77.0 cm³/mol. The van der Waals surface area contributed by atoms with E-state index in [0.717, 1.165) is 25.0 Å². The van der Waals surface area contributed by atoms with Crippen molar-refractivity contribution in [2.24, 2.45) is 0 Å². The quantitative estimate of drug-likeness (QED) is 0.880. The van der Waals surface area contributed by atoms with Gasteiger partial charge in [-0.3, -0.25) is 0 Å². The van der Waals surface area contributed by atoms with Gasteiger partial charge in [-0.05, 0) is 37.1 Å². The maximum Gasteiger partial charge on any atom is 0.0961 e. The van der Waals surface area contributed by atoms with E-state index in [2.05, 4.69) is 40.0 Å². The number of aryl methyl sites for hydroxylation is 1. The van der Waals surface area contributed by atoms with E-state index in [1.54, 1.807) is 0 Å². The molecule has 1 aliphatic rings. The minimum Gasteiger partial charge on any atom is -0.326 e. The molecule has 2 heterocycles. The van der Waals surface area contributed by atoms with E-state index in [4.69, 9.17) is 0 Å². The molecule has 0 aliphatic carbocycles. The predicted octanol–water partition coefficient (Wildman–Crippen LogP) is 3.16. The highest BCUT2D eigenvalue weighted by atomic mass is 15.1. The van der Waals surface area contributed by atoms with Crippen LogP contribution in [0.2, 0.25) is 0 Å². The number of imidazole rings is 1. The lowest BCUT2D eigenvalue weighted by atomic mass is 10.1. The number of benzene rings is 1. The molecule has 3 rings (SSSR count). The Kier molecular flexibility index (Phi) is 4.37. The smallest absolute Gasteiger partial charge is 0.0961 e. The summed E-state index contributed by atoms with van der Waals surface area (Å²) in [4.78, 5) is 4.47. The van der Waals surface area contributed by atoms with Crippen LogP contribution in [-0.2, 0) is 6.42 Å². The lowest BCUT2D eigenvalue weighted by Crippen LogP contribution is -2.12. The number of nitrogens with one attached hydrogen (secondary N) is 1. The molecule has 2 aromatic rings. The van der Waals surface area contributed by atoms with Crippen LogP contribution in [0.5, 0.6) is 0 Å². The summed E-state index contributed by atoms with van der Waals surface area (Å²) in [5.41, 5.74) is 3.79. The summed E-state index contributed by atoms with van der Waals surface area (Å²) in [5.74, 6) is 0. The Balaban J connectivity index is 0.000000574. The molecule has 98 valence electrons. The van der Waals surface area contributed by atoms with Crippen LogP contribution in [0.1, 0.15) is 38.8 Å². The fourth-order valence-corrected chi connectivity index (χ4v) is 2.46. The molecule has 3 heteroatoms. The molecule has 1 aromatic carbocycles. The van der Waals surface area contributed by atoms with Crippen molar-refractivity contribution in [3.05, 3.63) is 30.1 Å². The van der Waals surface area contributed by atoms with E-state index in [1.165, 1.54) is 17.5 Å². The second-order valence-electron chi connectivity index (χ2n) is 4.48. The van der Waals surface area contributed by atoms with Crippen molar-refractivity contribution in [2.75, 3.05) is 13.1 Å². The van der Waals surface area contributed by atoms with Gasteiger partial charge in [0.1, 0.15) is 0 Å². The third-order valence-electron chi connectivity index (χ3n) is 3.48. The Morgan fingerprint density at radius 2 is 2.22 bits per heavy atom. The Morgan fingerprint density at radius 3 is 2.89 bits per heavy atom. The van der Waals surface area contributed by atoms with Gasteiger partial charge in [0.15, 0.2) is 0 Å². The van der Waals surface area contributed by atoms with Crippen LogP contribution in [0.4, 0.5) is 0 Å². The molecule has 0 spiro atoms. The van der Waals surface area contributed by atoms with Gasteiger partial charge in [0, 0.05) is 12.6 Å². The maximum atomic E-state index is 4.47. The first-order valence-corrected chi connectivity index (χ1v) is 7.04. The van der Waals surface area contributed by atoms with Gasteiger partial charge in [0.2, 0.25) is 0 Å². The monoisotopic (exact) mass is 245 g/mol. The van der Waals surface area contributed by atoms with Crippen molar-refractivity contribution in [1.82, 2.24) is 14.9 Å². The zero-order chi connectivity index (χ0) is 13.0. The number of hydrogen-bond donors (Lipinski definition) is 1. The van der Waals surface area contributed by atoms with E-state index >= 15 is 0 Å². The van der Waals surface area contributed by atoms with Crippen LogP contribution in [0.3, 0.4) is 0 Å². The molecule has 1 fully saturated rings. The Hall–Kier alpha value is -1.35. The van der Waals surface area contributed by atoms with E-state index in [0.29, 0.717) is 6.04 Å². The molecular weight excluding hydrogens is 222 g/mol. The van der Waals surface area contributed by atoms with Gasteiger partial charge in [-0.2, -0.15) is 0 Å². The summed E-state index contributed by atoms with van der Waals surface area (Å²) in [6.45, 7) is 8.39. The molecule has 0 radical (unpaired) electrons. The minimum absolute atomic E-state index is 0.581. The molecule has 1 aromatic heterocycles. The molecule has 0 saturated carbocycles. The molecule has 1 atom stereocenters. The van der Waals surface area contributed by atoms with Crippen LogP contribution < -0.4 is 5.32 Å². The summed E-state index contributed by atoms with van der Waals surface area (Å²) >= 11 is 0. The second-order valence-corrected chi connectivity index (χ2v) is 4.48. The molecule has 18 heavy (non-hydrogen) atoms. The van der Waals surface area contributed by atoms with Gasteiger partial charge in [0.05, 0.1) is 17.4 Å². The Labute approximate surface area is 109 Å². The zero-order valence-electron chi connectivity index (χ0n) is 11.6. The molecular formula is C15H23N3. The van der Waals surface area contributed by atoms with Crippen LogP contribution >= 0.6 is 0 Å². The van der Waals surface area contributed by atoms with Crippen LogP contribution in [0.15, 0.2) is 24.5 Å². The third-order valence-corrected chi connectivity index (χ3v) is 3.48. The maximum absolute atomic E-state index is 4.47. The molecule has 1 N–H and O–H groups in total. The Bertz CT molecular complexity index is 495. The third kappa shape index (κ3) is 2.41. The first kappa shape index (κ1) is 13.1. The van der Waals surface area contributed by atoms with E-state index in [9.17, 15) is 0 Å². The molecule has 0 bridgehead atoms. The van der Waals surface area contributed by atoms with Gasteiger partial charge in [-0.1, -0.05) is 26.8 Å². The van der Waals surface area contributed by atoms with Gasteiger partial charge < -0.3 is 9.88 Å². The lowest BCUT2D eigenvalue weighted by Gasteiger charge is -2.11. The number of rotatable bonds is 2. The number of fused-ring (bicyclic) bond motifs is 1. The Morgan fingerprint density at radius 1 is 1.39 bits per heavy atom. The summed E-state index contributed by atoms with van der Waals surface area (Å²) in [6, 6.07) is 7.16. The summed E-state index contributed by atoms with van der Waals surface area (Å²) in [7, 11) is 0. The molecule has 1 saturated heterocycles. The molecule has 1 unspecified atom stereocenters. The van der Waals surface area contributed by atoms with E-state index in [1.807, 2.05) is 20.2 Å². The number of hydrogen-bond acceptors (Lipinski definition) is 2. The van der Waals surface area contributed by atoms with Gasteiger partial charge in [0.25, 0.3) is 0 Å². The highest BCUT2D eigenvalue weighted by molar-refractivity contribution is 5.76. The first-order chi connectivity index (χ1) is 8.88. The van der Waals surface area contributed by atoms with E-state index < -0.39 is 0 Å². The average molecular weight is 245 g/mol. The highest BCUT2D eigenvalue weighted by Gasteiger charge is 2.18. The number of nitrogens with zero attached hydrogens (tertiary/aromatic N) is 2. The van der Waals surface area contributed by atoms with Crippen LogP contribution in [0, 0.1) is 0 Å². The van der Waals surface area contributed by atoms with Crippen molar-refractivity contribution in [3.8, 4) is 0 Å². The van der Waals surface area contributed by atoms with Crippen molar-refractivity contribution in [1.29, 1.82) is 0 Å². The normalized spacial score (nSPS) is 18.7. The zero-order valence-corrected chi connectivity index (χ0v) is 11.6. The van der Waals surface area contributed by atoms with E-state index in [-0.39, 0.29) is 0 Å². The summed E-state index contributed by atoms with van der Waals surface area (Å²) in [6.07, 6.45) is 4.29. The standard InChI is InChI=1S/C13H17N3.C2H6/c1-2-10-3-4-12-13(7-10)16(9-15-12)11-5-6-14-8-11;1-2/h3-4,7,9,11,14H,2,5-6,8H2,1H3;1-2H3. The van der Waals surface area contributed by atoms with Crippen LogP contribution in [0.25, 0.3) is 11.0 Å². The molecule has 0 amide bonds. The molecule has 1 aliphatic heterocycles. The van der Waals surface area contributed by atoms with Gasteiger partial charge in [-0.25, -0.2) is 4.98 Å². The second kappa shape index (κ2) is 6.01. The largest absolute Gasteiger partial charge is 0.326 e. The topological polar surface area (TPSA) is 29.9 Å². The van der Waals surface area contributed by atoms with Crippen molar-refractivity contribution < 1.29 is 0 Å². The average Bonchev–Trinajstić information content (AvgIpc) is 3.08. The fraction of sp³-hybridized carbons (Fsp3) is 0.533. The van der Waals surface area contributed by atoms with Crippen molar-refractivity contribution >= 4 is 11.0 Å². The number of aromatic nitrogens is 2. The molecule has 3 nitrogen and oxygen atoms in total. The minimum atomic E-state index is 0.581. The van der Waals surface area contributed by atoms with Crippen molar-refractivity contribution in [3.63, 3.8) is 0 Å². The highest BCUT2D eigenvalue weighted by Crippen LogP contribution is 2.22. The lowest BCUT2D eigenvalue weighted by molar-refractivity contribution is 0.561. The summed E-state index contributed by atoms with van der Waals surface area (Å²) < 4.78 is 2.33. The van der Waals surface area contributed by atoms with Crippen LogP contribution in [-0.4, -0.2) is 22.6 Å².